The molecule has 0 spiro atoms. The number of methoxy groups -OCH3 is 2. The minimum Gasteiger partial charge on any atom is -0.497 e. The number of hydrogen-bond acceptors (Lipinski definition) is 6. The molecule has 3 aromatic rings. The monoisotopic (exact) mass is 369 g/mol. The molecule has 1 aromatic heterocycles. The van der Waals surface area contributed by atoms with Gasteiger partial charge in [0.2, 0.25) is 11.8 Å². The Hall–Kier alpha value is -2.80. The van der Waals surface area contributed by atoms with Crippen LogP contribution in [0, 0.1) is 0 Å². The van der Waals surface area contributed by atoms with Gasteiger partial charge in [-0.1, -0.05) is 36.0 Å². The van der Waals surface area contributed by atoms with Gasteiger partial charge in [-0.3, -0.25) is 4.79 Å². The van der Waals surface area contributed by atoms with Crippen LogP contribution in [0.25, 0.3) is 11.0 Å². The molecular weight excluding hydrogens is 350 g/mol. The van der Waals surface area contributed by atoms with Crippen LogP contribution in [0.5, 0.6) is 11.6 Å². The largest absolute Gasteiger partial charge is 0.497 e. The van der Waals surface area contributed by atoms with Gasteiger partial charge in [0, 0.05) is 6.54 Å². The summed E-state index contributed by atoms with van der Waals surface area (Å²) in [6, 6.07) is 15.1. The topological polar surface area (TPSA) is 73.3 Å². The summed E-state index contributed by atoms with van der Waals surface area (Å²) in [6.07, 6.45) is 0. The molecule has 1 amide bonds. The lowest BCUT2D eigenvalue weighted by atomic mass is 10.2. The highest BCUT2D eigenvalue weighted by Gasteiger charge is 2.12. The van der Waals surface area contributed by atoms with E-state index in [0.717, 1.165) is 22.3 Å². The summed E-state index contributed by atoms with van der Waals surface area (Å²) in [4.78, 5) is 21.1. The fraction of sp³-hybridized carbons (Fsp3) is 0.211. The first kappa shape index (κ1) is 18.0. The molecule has 0 bridgehead atoms. The summed E-state index contributed by atoms with van der Waals surface area (Å²) >= 11 is 1.31. The zero-order chi connectivity index (χ0) is 18.4. The van der Waals surface area contributed by atoms with E-state index < -0.39 is 0 Å². The van der Waals surface area contributed by atoms with Crippen molar-refractivity contribution in [3.8, 4) is 11.6 Å². The summed E-state index contributed by atoms with van der Waals surface area (Å²) < 4.78 is 10.4. The van der Waals surface area contributed by atoms with Crippen LogP contribution in [0.1, 0.15) is 5.56 Å². The Kier molecular flexibility index (Phi) is 5.91. The van der Waals surface area contributed by atoms with Crippen molar-refractivity contribution in [3.63, 3.8) is 0 Å². The second kappa shape index (κ2) is 8.53. The number of nitrogens with one attached hydrogen (secondary N) is 1. The number of aromatic nitrogens is 2. The van der Waals surface area contributed by atoms with Gasteiger partial charge in [0.15, 0.2) is 5.03 Å². The third-order valence-corrected chi connectivity index (χ3v) is 4.64. The van der Waals surface area contributed by atoms with Crippen molar-refractivity contribution in [1.29, 1.82) is 0 Å². The SMILES string of the molecule is COc1ccc(CNC(=O)CSc2nc3ccccc3nc2OC)cc1. The number of para-hydroxylation sites is 2. The van der Waals surface area contributed by atoms with Crippen molar-refractivity contribution in [2.24, 2.45) is 0 Å². The Labute approximate surface area is 155 Å². The van der Waals surface area contributed by atoms with Crippen LogP contribution in [0.15, 0.2) is 53.6 Å². The van der Waals surface area contributed by atoms with Crippen LogP contribution in [0.3, 0.4) is 0 Å². The molecule has 0 saturated heterocycles. The van der Waals surface area contributed by atoms with Gasteiger partial charge < -0.3 is 14.8 Å². The van der Waals surface area contributed by atoms with Gasteiger partial charge in [0.05, 0.1) is 31.0 Å². The Balaban J connectivity index is 1.59. The van der Waals surface area contributed by atoms with E-state index in [-0.39, 0.29) is 11.7 Å². The minimum atomic E-state index is -0.0807. The van der Waals surface area contributed by atoms with Gasteiger partial charge >= 0.3 is 0 Å². The van der Waals surface area contributed by atoms with Crippen molar-refractivity contribution >= 4 is 28.7 Å². The van der Waals surface area contributed by atoms with E-state index >= 15 is 0 Å². The average molecular weight is 369 g/mol. The molecular formula is C19H19N3O3S. The maximum absolute atomic E-state index is 12.1. The molecule has 3 rings (SSSR count). The van der Waals surface area contributed by atoms with Crippen molar-refractivity contribution < 1.29 is 14.3 Å². The van der Waals surface area contributed by atoms with E-state index in [1.807, 2.05) is 48.5 Å². The summed E-state index contributed by atoms with van der Waals surface area (Å²) in [5.74, 6) is 1.37. The van der Waals surface area contributed by atoms with Crippen LogP contribution in [0.4, 0.5) is 0 Å². The molecule has 0 atom stereocenters. The van der Waals surface area contributed by atoms with Crippen LogP contribution >= 0.6 is 11.8 Å². The lowest BCUT2D eigenvalue weighted by Crippen LogP contribution is -2.24. The highest BCUT2D eigenvalue weighted by molar-refractivity contribution is 8.00. The van der Waals surface area contributed by atoms with Crippen LogP contribution < -0.4 is 14.8 Å². The smallest absolute Gasteiger partial charge is 0.247 e. The summed E-state index contributed by atoms with van der Waals surface area (Å²) in [6.45, 7) is 0.462. The zero-order valence-electron chi connectivity index (χ0n) is 14.6. The third-order valence-electron chi connectivity index (χ3n) is 3.69. The number of fused-ring (bicyclic) bond motifs is 1. The molecule has 6 nitrogen and oxygen atoms in total. The van der Waals surface area contributed by atoms with E-state index in [1.165, 1.54) is 11.8 Å². The fourth-order valence-corrected chi connectivity index (χ4v) is 3.11. The van der Waals surface area contributed by atoms with Gasteiger partial charge in [-0.15, -0.1) is 0 Å². The maximum atomic E-state index is 12.1. The number of carbonyl (C=O) groups excluding carboxylic acids is 1. The predicted octanol–water partition coefficient (Wildman–Crippen LogP) is 3.06. The number of carbonyl (C=O) groups is 1. The molecule has 0 saturated carbocycles. The van der Waals surface area contributed by atoms with Crippen LogP contribution in [0.2, 0.25) is 0 Å². The summed E-state index contributed by atoms with van der Waals surface area (Å²) in [7, 11) is 3.17. The molecule has 0 aliphatic heterocycles. The highest BCUT2D eigenvalue weighted by atomic mass is 32.2. The summed E-state index contributed by atoms with van der Waals surface area (Å²) in [5.41, 5.74) is 2.54. The molecule has 7 heteroatoms. The first-order valence-electron chi connectivity index (χ1n) is 8.03. The third kappa shape index (κ3) is 4.43. The van der Waals surface area contributed by atoms with Gasteiger partial charge in [0.25, 0.3) is 0 Å². The second-order valence-electron chi connectivity index (χ2n) is 5.44. The average Bonchev–Trinajstić information content (AvgIpc) is 2.70. The number of thioether (sulfide) groups is 1. The quantitative estimate of drug-likeness (QED) is 0.645. The standard InChI is InChI=1S/C19H19N3O3S/c1-24-14-9-7-13(8-10-14)11-20-17(23)12-26-19-18(25-2)21-15-5-3-4-6-16(15)22-19/h3-10H,11-12H2,1-2H3,(H,20,23). The molecule has 26 heavy (non-hydrogen) atoms. The second-order valence-corrected chi connectivity index (χ2v) is 6.40. The zero-order valence-corrected chi connectivity index (χ0v) is 15.4. The van der Waals surface area contributed by atoms with E-state index in [1.54, 1.807) is 14.2 Å². The first-order valence-corrected chi connectivity index (χ1v) is 9.01. The molecule has 1 heterocycles. The predicted molar refractivity (Wildman–Crippen MR) is 102 cm³/mol. The van der Waals surface area contributed by atoms with E-state index in [0.29, 0.717) is 17.5 Å². The Morgan fingerprint density at radius 1 is 1.00 bits per heavy atom. The minimum absolute atomic E-state index is 0.0807. The maximum Gasteiger partial charge on any atom is 0.247 e. The molecule has 0 fully saturated rings. The van der Waals surface area contributed by atoms with Crippen LogP contribution in [-0.2, 0) is 11.3 Å². The van der Waals surface area contributed by atoms with Gasteiger partial charge in [-0.05, 0) is 29.8 Å². The number of ether oxygens (including phenoxy) is 2. The first-order chi connectivity index (χ1) is 12.7. The molecule has 0 unspecified atom stereocenters. The van der Waals surface area contributed by atoms with Gasteiger partial charge in [0.1, 0.15) is 5.75 Å². The van der Waals surface area contributed by atoms with E-state index in [2.05, 4.69) is 15.3 Å². The molecule has 0 aliphatic rings. The number of rotatable bonds is 7. The summed E-state index contributed by atoms with van der Waals surface area (Å²) in [5, 5.41) is 3.49. The van der Waals surface area contributed by atoms with Crippen molar-refractivity contribution in [2.75, 3.05) is 20.0 Å². The van der Waals surface area contributed by atoms with Gasteiger partial charge in [-0.25, -0.2) is 9.97 Å². The number of amides is 1. The van der Waals surface area contributed by atoms with Crippen molar-refractivity contribution in [3.05, 3.63) is 54.1 Å². The van der Waals surface area contributed by atoms with E-state index in [4.69, 9.17) is 9.47 Å². The molecule has 2 aromatic carbocycles. The molecule has 0 aliphatic carbocycles. The number of hydrogen-bond donors (Lipinski definition) is 1. The Bertz CT molecular complexity index is 900. The molecule has 134 valence electrons. The Morgan fingerprint density at radius 3 is 2.35 bits per heavy atom. The van der Waals surface area contributed by atoms with Crippen LogP contribution in [-0.4, -0.2) is 35.8 Å². The lowest BCUT2D eigenvalue weighted by molar-refractivity contribution is -0.118. The lowest BCUT2D eigenvalue weighted by Gasteiger charge is -2.09. The fourth-order valence-electron chi connectivity index (χ4n) is 2.32. The highest BCUT2D eigenvalue weighted by Crippen LogP contribution is 2.27. The number of benzene rings is 2. The van der Waals surface area contributed by atoms with Crippen molar-refractivity contribution in [2.45, 2.75) is 11.6 Å². The number of nitrogens with zero attached hydrogens (tertiary/aromatic N) is 2. The Morgan fingerprint density at radius 2 is 1.69 bits per heavy atom. The molecule has 1 N–H and O–H groups in total. The van der Waals surface area contributed by atoms with Crippen molar-refractivity contribution in [1.82, 2.24) is 15.3 Å². The van der Waals surface area contributed by atoms with Gasteiger partial charge in [-0.2, -0.15) is 0 Å². The van der Waals surface area contributed by atoms with E-state index in [9.17, 15) is 4.79 Å². The molecule has 0 radical (unpaired) electrons. The normalized spacial score (nSPS) is 10.5.